The van der Waals surface area contributed by atoms with Crippen LogP contribution in [0.25, 0.3) is 0 Å². The first-order valence-electron chi connectivity index (χ1n) is 7.15. The van der Waals surface area contributed by atoms with Crippen LogP contribution < -0.4 is 4.31 Å². The van der Waals surface area contributed by atoms with E-state index in [2.05, 4.69) is 0 Å². The fraction of sp³-hybridized carbons (Fsp3) is 0.188. The summed E-state index contributed by atoms with van der Waals surface area (Å²) in [6.45, 7) is 0.137. The van der Waals surface area contributed by atoms with Gasteiger partial charge in [0, 0.05) is 6.54 Å². The number of anilines is 1. The van der Waals surface area contributed by atoms with Crippen LogP contribution in [0.5, 0.6) is 0 Å². The molecule has 0 spiro atoms. The van der Waals surface area contributed by atoms with Gasteiger partial charge in [-0.25, -0.2) is 22.0 Å². The Balaban J connectivity index is 2.11. The Labute approximate surface area is 137 Å². The number of fused-ring (bicyclic) bond motifs is 1. The Kier molecular flexibility index (Phi) is 4.00. The lowest BCUT2D eigenvalue weighted by atomic mass is 10.0. The van der Waals surface area contributed by atoms with Crippen molar-refractivity contribution in [1.82, 2.24) is 0 Å². The molecule has 0 saturated heterocycles. The molecule has 126 valence electrons. The van der Waals surface area contributed by atoms with Crippen molar-refractivity contribution < 1.29 is 27.1 Å². The molecule has 0 atom stereocenters. The molecule has 24 heavy (non-hydrogen) atoms. The maximum Gasteiger partial charge on any atom is 0.338 e. The fourth-order valence-corrected chi connectivity index (χ4v) is 4.25. The van der Waals surface area contributed by atoms with Gasteiger partial charge in [-0.1, -0.05) is 0 Å². The van der Waals surface area contributed by atoms with E-state index in [-0.39, 0.29) is 17.1 Å². The van der Waals surface area contributed by atoms with E-state index >= 15 is 0 Å². The Bertz CT molecular complexity index is 910. The second-order valence-electron chi connectivity index (χ2n) is 5.40. The molecule has 0 radical (unpaired) electrons. The molecular weight excluding hydrogens is 340 g/mol. The van der Waals surface area contributed by atoms with Gasteiger partial charge < -0.3 is 5.11 Å². The Morgan fingerprint density at radius 2 is 1.79 bits per heavy atom. The largest absolute Gasteiger partial charge is 0.478 e. The fourth-order valence-electron chi connectivity index (χ4n) is 2.72. The number of hydrogen-bond acceptors (Lipinski definition) is 3. The quantitative estimate of drug-likeness (QED) is 0.921. The van der Waals surface area contributed by atoms with Crippen LogP contribution in [0, 0.1) is 11.6 Å². The molecule has 0 aliphatic carbocycles. The molecule has 3 rings (SSSR count). The normalized spacial score (nSPS) is 14.3. The molecule has 2 aromatic rings. The van der Waals surface area contributed by atoms with Gasteiger partial charge >= 0.3 is 5.97 Å². The number of sulfonamides is 1. The molecule has 1 N–H and O–H groups in total. The third kappa shape index (κ3) is 2.73. The van der Waals surface area contributed by atoms with Gasteiger partial charge in [-0.15, -0.1) is 0 Å². The van der Waals surface area contributed by atoms with Crippen LogP contribution in [0.4, 0.5) is 14.5 Å². The Hall–Kier alpha value is -2.48. The predicted molar refractivity (Wildman–Crippen MR) is 82.6 cm³/mol. The monoisotopic (exact) mass is 353 g/mol. The van der Waals surface area contributed by atoms with Crippen molar-refractivity contribution in [2.75, 3.05) is 10.8 Å². The van der Waals surface area contributed by atoms with Gasteiger partial charge in [-0.2, -0.15) is 0 Å². The van der Waals surface area contributed by atoms with E-state index in [1.54, 1.807) is 0 Å². The van der Waals surface area contributed by atoms with Crippen molar-refractivity contribution in [1.29, 1.82) is 0 Å². The SMILES string of the molecule is O=C(O)c1cc2c(cc1F)N(S(=O)(=O)c1ccc(F)cc1)CCC2. The zero-order chi connectivity index (χ0) is 17.5. The summed E-state index contributed by atoms with van der Waals surface area (Å²) < 4.78 is 53.6. The minimum Gasteiger partial charge on any atom is -0.478 e. The van der Waals surface area contributed by atoms with E-state index in [0.717, 1.165) is 34.6 Å². The zero-order valence-electron chi connectivity index (χ0n) is 12.4. The van der Waals surface area contributed by atoms with Gasteiger partial charge in [0.25, 0.3) is 10.0 Å². The first-order chi connectivity index (χ1) is 11.3. The molecule has 0 bridgehead atoms. The lowest BCUT2D eigenvalue weighted by molar-refractivity contribution is 0.0691. The highest BCUT2D eigenvalue weighted by molar-refractivity contribution is 7.92. The maximum atomic E-state index is 14.0. The summed E-state index contributed by atoms with van der Waals surface area (Å²) in [5.41, 5.74) is 0.0774. The summed E-state index contributed by atoms with van der Waals surface area (Å²) in [5, 5.41) is 8.99. The molecule has 0 aromatic heterocycles. The molecule has 0 saturated carbocycles. The molecule has 5 nitrogen and oxygen atoms in total. The van der Waals surface area contributed by atoms with Crippen molar-refractivity contribution in [3.63, 3.8) is 0 Å². The summed E-state index contributed by atoms with van der Waals surface area (Å²) in [4.78, 5) is 10.9. The number of halogens is 2. The topological polar surface area (TPSA) is 74.7 Å². The van der Waals surface area contributed by atoms with Crippen molar-refractivity contribution in [2.24, 2.45) is 0 Å². The molecule has 8 heteroatoms. The second kappa shape index (κ2) is 5.86. The minimum absolute atomic E-state index is 0.112. The highest BCUT2D eigenvalue weighted by Gasteiger charge is 2.30. The van der Waals surface area contributed by atoms with E-state index in [0.29, 0.717) is 18.4 Å². The highest BCUT2D eigenvalue weighted by Crippen LogP contribution is 2.34. The Morgan fingerprint density at radius 1 is 1.12 bits per heavy atom. The maximum absolute atomic E-state index is 14.0. The lowest BCUT2D eigenvalue weighted by Crippen LogP contribution is -2.35. The first kappa shape index (κ1) is 16.4. The molecule has 0 fully saturated rings. The number of carboxylic acids is 1. The standard InChI is InChI=1S/C16H13F2NO4S/c17-11-3-5-12(6-4-11)24(22,23)19-7-1-2-10-8-13(16(20)21)14(18)9-15(10)19/h3-6,8-9H,1-2,7H2,(H,20,21). The number of carboxylic acid groups (broad SMARTS) is 1. The summed E-state index contributed by atoms with van der Waals surface area (Å²) in [6, 6.07) is 6.44. The molecule has 1 aliphatic rings. The van der Waals surface area contributed by atoms with Gasteiger partial charge in [0.15, 0.2) is 0 Å². The average Bonchev–Trinajstić information content (AvgIpc) is 2.53. The number of hydrogen-bond donors (Lipinski definition) is 1. The summed E-state index contributed by atoms with van der Waals surface area (Å²) in [7, 11) is -3.99. The van der Waals surface area contributed by atoms with Crippen LogP contribution in [0.3, 0.4) is 0 Å². The van der Waals surface area contributed by atoms with Gasteiger partial charge in [0.05, 0.1) is 16.1 Å². The second-order valence-corrected chi connectivity index (χ2v) is 7.26. The van der Waals surface area contributed by atoms with Crippen molar-refractivity contribution in [3.05, 3.63) is 59.2 Å². The predicted octanol–water partition coefficient (Wildman–Crippen LogP) is 2.80. The van der Waals surface area contributed by atoms with Crippen molar-refractivity contribution in [2.45, 2.75) is 17.7 Å². The van der Waals surface area contributed by atoms with Gasteiger partial charge in [-0.3, -0.25) is 4.31 Å². The number of aromatic carboxylic acids is 1. The van der Waals surface area contributed by atoms with E-state index in [9.17, 15) is 22.0 Å². The van der Waals surface area contributed by atoms with E-state index in [1.807, 2.05) is 0 Å². The number of carbonyl (C=O) groups is 1. The molecule has 0 amide bonds. The summed E-state index contributed by atoms with van der Waals surface area (Å²) in [6.07, 6.45) is 0.920. The molecule has 0 unspecified atom stereocenters. The van der Waals surface area contributed by atoms with Gasteiger partial charge in [-0.05, 0) is 54.8 Å². The molecule has 2 aromatic carbocycles. The smallest absolute Gasteiger partial charge is 0.338 e. The van der Waals surface area contributed by atoms with E-state index in [1.165, 1.54) is 6.07 Å². The zero-order valence-corrected chi connectivity index (χ0v) is 13.2. The first-order valence-corrected chi connectivity index (χ1v) is 8.59. The van der Waals surface area contributed by atoms with Crippen LogP contribution in [-0.2, 0) is 16.4 Å². The van der Waals surface area contributed by atoms with E-state index in [4.69, 9.17) is 5.11 Å². The third-order valence-corrected chi connectivity index (χ3v) is 5.70. The van der Waals surface area contributed by atoms with Gasteiger partial charge in [0.1, 0.15) is 11.6 Å². The van der Waals surface area contributed by atoms with Crippen molar-refractivity contribution in [3.8, 4) is 0 Å². The lowest BCUT2D eigenvalue weighted by Gasteiger charge is -2.30. The molecule has 1 aliphatic heterocycles. The third-order valence-electron chi connectivity index (χ3n) is 3.88. The minimum atomic E-state index is -3.99. The van der Waals surface area contributed by atoms with Crippen LogP contribution >= 0.6 is 0 Å². The number of benzene rings is 2. The van der Waals surface area contributed by atoms with Crippen molar-refractivity contribution >= 4 is 21.7 Å². The number of rotatable bonds is 3. The van der Waals surface area contributed by atoms with Crippen LogP contribution in [-0.4, -0.2) is 26.0 Å². The number of aryl methyl sites for hydroxylation is 1. The highest BCUT2D eigenvalue weighted by atomic mass is 32.2. The van der Waals surface area contributed by atoms with Crippen LogP contribution in [0.15, 0.2) is 41.3 Å². The molecule has 1 heterocycles. The summed E-state index contributed by atoms with van der Waals surface area (Å²) in [5.74, 6) is -2.97. The average molecular weight is 353 g/mol. The van der Waals surface area contributed by atoms with E-state index < -0.39 is 33.2 Å². The molecular formula is C16H13F2NO4S. The number of nitrogens with zero attached hydrogens (tertiary/aromatic N) is 1. The summed E-state index contributed by atoms with van der Waals surface area (Å²) >= 11 is 0. The van der Waals surface area contributed by atoms with Crippen LogP contribution in [0.2, 0.25) is 0 Å². The van der Waals surface area contributed by atoms with Gasteiger partial charge in [0.2, 0.25) is 0 Å². The Morgan fingerprint density at radius 3 is 2.42 bits per heavy atom. The van der Waals surface area contributed by atoms with Crippen LogP contribution in [0.1, 0.15) is 22.3 Å².